The molecule has 0 amide bonds. The lowest BCUT2D eigenvalue weighted by atomic mass is 10.1. The first-order valence-corrected chi connectivity index (χ1v) is 6.94. The van der Waals surface area contributed by atoms with Crippen molar-refractivity contribution in [3.63, 3.8) is 0 Å². The molecule has 1 aliphatic carbocycles. The number of nitrogen functional groups attached to an aromatic ring is 1. The van der Waals surface area contributed by atoms with Gasteiger partial charge in [-0.15, -0.1) is 0 Å². The second kappa shape index (κ2) is 4.41. The lowest BCUT2D eigenvalue weighted by Gasteiger charge is -2.18. The minimum Gasteiger partial charge on any atom is -0.390 e. The fourth-order valence-corrected chi connectivity index (χ4v) is 3.21. The number of halogens is 1. The largest absolute Gasteiger partial charge is 0.390 e. The quantitative estimate of drug-likeness (QED) is 0.666. The van der Waals surface area contributed by atoms with Gasteiger partial charge >= 0.3 is 0 Å². The van der Waals surface area contributed by atoms with E-state index in [1.807, 2.05) is 28.8 Å². The molecule has 0 aliphatic heterocycles. The van der Waals surface area contributed by atoms with Crippen molar-refractivity contribution in [2.75, 3.05) is 5.73 Å². The summed E-state index contributed by atoms with van der Waals surface area (Å²) in [6.07, 6.45) is 1.70. The third-order valence-electron chi connectivity index (χ3n) is 3.86. The molecule has 106 valence electrons. The number of benzene rings is 1. The summed E-state index contributed by atoms with van der Waals surface area (Å²) in [4.78, 5) is 12.4. The molecule has 7 heteroatoms. The highest BCUT2D eigenvalue weighted by Crippen LogP contribution is 2.36. The number of aliphatic hydroxyl groups is 1. The van der Waals surface area contributed by atoms with E-state index in [9.17, 15) is 5.11 Å². The van der Waals surface area contributed by atoms with Crippen LogP contribution in [0.5, 0.6) is 0 Å². The molecular formula is C14H12ClN5O. The summed E-state index contributed by atoms with van der Waals surface area (Å²) >= 11 is 6.05. The Balaban J connectivity index is 1.95. The van der Waals surface area contributed by atoms with Gasteiger partial charge in [-0.25, -0.2) is 4.98 Å². The first-order valence-electron chi connectivity index (χ1n) is 6.56. The highest BCUT2D eigenvalue weighted by molar-refractivity contribution is 6.33. The number of aromatic nitrogens is 4. The van der Waals surface area contributed by atoms with Crippen LogP contribution in [0.3, 0.4) is 0 Å². The molecule has 3 N–H and O–H groups in total. The predicted molar refractivity (Wildman–Crippen MR) is 79.0 cm³/mol. The molecule has 1 aromatic carbocycles. The van der Waals surface area contributed by atoms with Gasteiger partial charge in [0.15, 0.2) is 10.8 Å². The molecular weight excluding hydrogens is 290 g/mol. The summed E-state index contributed by atoms with van der Waals surface area (Å²) in [5.41, 5.74) is 8.89. The first kappa shape index (κ1) is 12.6. The van der Waals surface area contributed by atoms with Crippen LogP contribution >= 0.6 is 11.6 Å². The summed E-state index contributed by atoms with van der Waals surface area (Å²) in [6, 6.07) is 7.72. The van der Waals surface area contributed by atoms with E-state index in [1.54, 1.807) is 6.33 Å². The van der Waals surface area contributed by atoms with Gasteiger partial charge in [-0.05, 0) is 11.1 Å². The summed E-state index contributed by atoms with van der Waals surface area (Å²) in [5.74, 6) is 0.0926. The summed E-state index contributed by atoms with van der Waals surface area (Å²) in [6.45, 7) is 0. The van der Waals surface area contributed by atoms with E-state index in [4.69, 9.17) is 17.3 Å². The van der Waals surface area contributed by atoms with Gasteiger partial charge in [0.2, 0.25) is 5.95 Å². The number of hydrogen-bond donors (Lipinski definition) is 2. The molecule has 0 saturated heterocycles. The molecule has 0 spiro atoms. The van der Waals surface area contributed by atoms with E-state index < -0.39 is 6.10 Å². The number of hydrogen-bond acceptors (Lipinski definition) is 5. The fraction of sp³-hybridized carbons (Fsp3) is 0.214. The van der Waals surface area contributed by atoms with E-state index in [0.29, 0.717) is 17.6 Å². The van der Waals surface area contributed by atoms with Crippen molar-refractivity contribution in [2.45, 2.75) is 18.6 Å². The van der Waals surface area contributed by atoms with Crippen LogP contribution in [0.1, 0.15) is 17.2 Å². The Labute approximate surface area is 125 Å². The summed E-state index contributed by atoms with van der Waals surface area (Å²) < 4.78 is 1.82. The third kappa shape index (κ3) is 1.80. The standard InChI is InChI=1S/C14H12ClN5O/c15-12-10-13(19-14(16)18-12)20(6-17-10)11-8-4-2-1-3-7(8)5-9(11)21/h1-4,6,9,11,21H,5H2,(H2,16,18,19)/t9-,11+/m0/s1. The zero-order chi connectivity index (χ0) is 14.6. The van der Waals surface area contributed by atoms with Crippen LogP contribution in [0.2, 0.25) is 5.15 Å². The molecule has 2 atom stereocenters. The SMILES string of the molecule is Nc1nc(Cl)c2ncn([C@@H]3c4ccccc4C[C@@H]3O)c2n1. The van der Waals surface area contributed by atoms with Crippen LogP contribution in [-0.4, -0.2) is 30.7 Å². The Hall–Kier alpha value is -2.18. The molecule has 0 bridgehead atoms. The van der Waals surface area contributed by atoms with Crippen molar-refractivity contribution < 1.29 is 5.11 Å². The van der Waals surface area contributed by atoms with Crippen molar-refractivity contribution in [2.24, 2.45) is 0 Å². The number of rotatable bonds is 1. The minimum absolute atomic E-state index is 0.0926. The van der Waals surface area contributed by atoms with Crippen LogP contribution in [0.25, 0.3) is 11.2 Å². The maximum atomic E-state index is 10.4. The molecule has 0 saturated carbocycles. The average molecular weight is 302 g/mol. The first-order chi connectivity index (χ1) is 10.1. The van der Waals surface area contributed by atoms with E-state index in [-0.39, 0.29) is 17.1 Å². The topological polar surface area (TPSA) is 89.8 Å². The molecule has 21 heavy (non-hydrogen) atoms. The molecule has 1 aliphatic rings. The van der Waals surface area contributed by atoms with Crippen molar-refractivity contribution in [3.05, 3.63) is 46.9 Å². The van der Waals surface area contributed by atoms with Gasteiger partial charge < -0.3 is 15.4 Å². The van der Waals surface area contributed by atoms with Crippen molar-refractivity contribution >= 4 is 28.7 Å². The normalized spacial score (nSPS) is 20.9. The van der Waals surface area contributed by atoms with E-state index in [2.05, 4.69) is 15.0 Å². The minimum atomic E-state index is -0.533. The van der Waals surface area contributed by atoms with Gasteiger partial charge in [0.25, 0.3) is 0 Å². The molecule has 6 nitrogen and oxygen atoms in total. The number of anilines is 1. The second-order valence-corrected chi connectivity index (χ2v) is 5.47. The second-order valence-electron chi connectivity index (χ2n) is 5.11. The number of aliphatic hydroxyl groups excluding tert-OH is 1. The molecule has 0 unspecified atom stereocenters. The molecule has 2 aromatic heterocycles. The predicted octanol–water partition coefficient (Wildman–Crippen LogP) is 1.57. The van der Waals surface area contributed by atoms with Gasteiger partial charge in [-0.3, -0.25) is 0 Å². The van der Waals surface area contributed by atoms with Crippen LogP contribution in [0, 0.1) is 0 Å². The Kier molecular flexibility index (Phi) is 2.63. The average Bonchev–Trinajstić information content (AvgIpc) is 2.98. The van der Waals surface area contributed by atoms with Gasteiger partial charge in [0.1, 0.15) is 5.52 Å². The maximum Gasteiger partial charge on any atom is 0.223 e. The van der Waals surface area contributed by atoms with Crippen molar-refractivity contribution in [1.82, 2.24) is 19.5 Å². The third-order valence-corrected chi connectivity index (χ3v) is 4.13. The Morgan fingerprint density at radius 1 is 1.29 bits per heavy atom. The van der Waals surface area contributed by atoms with E-state index in [0.717, 1.165) is 11.1 Å². The molecule has 0 radical (unpaired) electrons. The lowest BCUT2D eigenvalue weighted by molar-refractivity contribution is 0.145. The van der Waals surface area contributed by atoms with Crippen molar-refractivity contribution in [3.8, 4) is 0 Å². The van der Waals surface area contributed by atoms with Gasteiger partial charge in [-0.1, -0.05) is 35.9 Å². The highest BCUT2D eigenvalue weighted by Gasteiger charge is 2.33. The molecule has 0 fully saturated rings. The Bertz CT molecular complexity index is 846. The van der Waals surface area contributed by atoms with Gasteiger partial charge in [0, 0.05) is 6.42 Å². The Morgan fingerprint density at radius 3 is 2.95 bits per heavy atom. The Morgan fingerprint density at radius 2 is 2.10 bits per heavy atom. The molecule has 4 rings (SSSR count). The van der Waals surface area contributed by atoms with Crippen molar-refractivity contribution in [1.29, 1.82) is 0 Å². The zero-order valence-corrected chi connectivity index (χ0v) is 11.7. The van der Waals surface area contributed by atoms with Crippen LogP contribution in [0.4, 0.5) is 5.95 Å². The lowest BCUT2D eigenvalue weighted by Crippen LogP contribution is -2.20. The number of nitrogens with two attached hydrogens (primary N) is 1. The van der Waals surface area contributed by atoms with Gasteiger partial charge in [0.05, 0.1) is 18.5 Å². The molecule has 2 heterocycles. The number of nitrogens with zero attached hydrogens (tertiary/aromatic N) is 4. The molecule has 3 aromatic rings. The summed E-state index contributed by atoms with van der Waals surface area (Å²) in [5, 5.41) is 10.6. The monoisotopic (exact) mass is 301 g/mol. The van der Waals surface area contributed by atoms with Crippen LogP contribution in [0.15, 0.2) is 30.6 Å². The van der Waals surface area contributed by atoms with Gasteiger partial charge in [-0.2, -0.15) is 9.97 Å². The van der Waals surface area contributed by atoms with E-state index >= 15 is 0 Å². The highest BCUT2D eigenvalue weighted by atomic mass is 35.5. The zero-order valence-electron chi connectivity index (χ0n) is 10.9. The number of imidazole rings is 1. The fourth-order valence-electron chi connectivity index (χ4n) is 2.99. The van der Waals surface area contributed by atoms with Crippen LogP contribution < -0.4 is 5.73 Å². The number of fused-ring (bicyclic) bond motifs is 2. The smallest absolute Gasteiger partial charge is 0.223 e. The van der Waals surface area contributed by atoms with Crippen LogP contribution in [-0.2, 0) is 6.42 Å². The van der Waals surface area contributed by atoms with E-state index in [1.165, 1.54) is 0 Å². The maximum absolute atomic E-state index is 10.4. The summed E-state index contributed by atoms with van der Waals surface area (Å²) in [7, 11) is 0.